The van der Waals surface area contributed by atoms with Gasteiger partial charge in [-0.3, -0.25) is 4.98 Å². The fraction of sp³-hybridized carbons (Fsp3) is 0. The van der Waals surface area contributed by atoms with Crippen molar-refractivity contribution in [3.63, 3.8) is 0 Å². The highest BCUT2D eigenvalue weighted by Gasteiger charge is 2.18. The molecule has 0 amide bonds. The summed E-state index contributed by atoms with van der Waals surface area (Å²) in [6.45, 7) is 0. The molecule has 0 aliphatic rings. The van der Waals surface area contributed by atoms with Gasteiger partial charge >= 0.3 is 0 Å². The molecule has 0 bridgehead atoms. The maximum Gasteiger partial charge on any atom is 0.0547 e. The predicted molar refractivity (Wildman–Crippen MR) is 193 cm³/mol. The molecule has 3 heterocycles. The molecule has 3 nitrogen and oxygen atoms in total. The first kappa shape index (κ1) is 25.2. The van der Waals surface area contributed by atoms with Crippen LogP contribution in [0.1, 0.15) is 0 Å². The summed E-state index contributed by atoms with van der Waals surface area (Å²) in [6.07, 6.45) is 3.82. The third kappa shape index (κ3) is 3.57. The van der Waals surface area contributed by atoms with Crippen LogP contribution in [-0.2, 0) is 0 Å². The first-order chi connectivity index (χ1) is 22.8. The van der Waals surface area contributed by atoms with E-state index in [4.69, 9.17) is 0 Å². The van der Waals surface area contributed by atoms with Crippen molar-refractivity contribution in [1.82, 2.24) is 14.1 Å². The van der Waals surface area contributed by atoms with E-state index in [0.717, 1.165) is 16.9 Å². The Kier molecular flexibility index (Phi) is 5.28. The highest BCUT2D eigenvalue weighted by molar-refractivity contribution is 6.21. The number of nitrogens with zero attached hydrogens (tertiary/aromatic N) is 3. The third-order valence-electron chi connectivity index (χ3n) is 9.55. The van der Waals surface area contributed by atoms with Crippen LogP contribution >= 0.6 is 0 Å². The van der Waals surface area contributed by atoms with Crippen molar-refractivity contribution in [2.45, 2.75) is 0 Å². The fourth-order valence-electron chi connectivity index (χ4n) is 7.56. The second-order valence-electron chi connectivity index (χ2n) is 12.0. The minimum absolute atomic E-state index is 1.11. The van der Waals surface area contributed by atoms with Gasteiger partial charge in [0.1, 0.15) is 0 Å². The summed E-state index contributed by atoms with van der Waals surface area (Å²) in [4.78, 5) is 4.53. The van der Waals surface area contributed by atoms with E-state index in [2.05, 4.69) is 160 Å². The van der Waals surface area contributed by atoms with E-state index in [1.807, 2.05) is 18.5 Å². The van der Waals surface area contributed by atoms with Gasteiger partial charge in [-0.25, -0.2) is 0 Å². The van der Waals surface area contributed by atoms with Crippen LogP contribution in [0, 0.1) is 0 Å². The Hall–Kier alpha value is -6.19. The summed E-state index contributed by atoms with van der Waals surface area (Å²) >= 11 is 0. The molecule has 0 unspecified atom stereocenters. The number of hydrogen-bond acceptors (Lipinski definition) is 1. The van der Waals surface area contributed by atoms with Crippen molar-refractivity contribution in [2.75, 3.05) is 0 Å². The first-order valence-corrected chi connectivity index (χ1v) is 15.7. The minimum atomic E-state index is 1.11. The molecule has 0 atom stereocenters. The molecular weight excluding hydrogens is 558 g/mol. The van der Waals surface area contributed by atoms with Crippen LogP contribution in [-0.4, -0.2) is 14.1 Å². The highest BCUT2D eigenvalue weighted by atomic mass is 15.0. The fourth-order valence-corrected chi connectivity index (χ4v) is 7.56. The van der Waals surface area contributed by atoms with Gasteiger partial charge in [-0.1, -0.05) is 84.9 Å². The van der Waals surface area contributed by atoms with Crippen molar-refractivity contribution in [3.8, 4) is 22.5 Å². The number of pyridine rings is 1. The monoisotopic (exact) mass is 585 g/mol. The molecule has 7 aromatic carbocycles. The van der Waals surface area contributed by atoms with Crippen LogP contribution in [0.3, 0.4) is 0 Å². The number of aromatic nitrogens is 3. The van der Waals surface area contributed by atoms with Gasteiger partial charge in [-0.15, -0.1) is 0 Å². The Bertz CT molecular complexity index is 2730. The molecule has 3 heteroatoms. The van der Waals surface area contributed by atoms with Gasteiger partial charge in [0.15, 0.2) is 0 Å². The van der Waals surface area contributed by atoms with Crippen molar-refractivity contribution in [1.29, 1.82) is 0 Å². The molecule has 10 rings (SSSR count). The molecule has 46 heavy (non-hydrogen) atoms. The van der Waals surface area contributed by atoms with Crippen LogP contribution < -0.4 is 0 Å². The Morgan fingerprint density at radius 1 is 0.370 bits per heavy atom. The SMILES string of the molecule is c1ccc(-n2c3ccccc3c3cc4c(cc(-c5cccnc5)c5cc(-n6c7ccccc7c7ccccc76)ccc54)cc32)cc1. The van der Waals surface area contributed by atoms with Crippen LogP contribution in [0.5, 0.6) is 0 Å². The van der Waals surface area contributed by atoms with Gasteiger partial charge in [0.2, 0.25) is 0 Å². The van der Waals surface area contributed by atoms with E-state index < -0.39 is 0 Å². The average molecular weight is 586 g/mol. The topological polar surface area (TPSA) is 22.8 Å². The standard InChI is InChI=1S/C43H27N3/c1-2-12-30(13-3-1)45-42-19-9-6-16-35(42)39-26-37-29(24-43(39)45)23-36(28-11-10-22-44-27-28)38-25-31(20-21-32(37)38)46-40-17-7-4-14-33(40)34-15-5-8-18-41(34)46/h1-27H. The second kappa shape index (κ2) is 9.65. The van der Waals surface area contributed by atoms with E-state index >= 15 is 0 Å². The van der Waals surface area contributed by atoms with Gasteiger partial charge < -0.3 is 9.13 Å². The number of hydrogen-bond donors (Lipinski definition) is 0. The summed E-state index contributed by atoms with van der Waals surface area (Å²) in [5, 5.41) is 9.96. The van der Waals surface area contributed by atoms with E-state index in [-0.39, 0.29) is 0 Å². The molecule has 3 aromatic heterocycles. The zero-order valence-electron chi connectivity index (χ0n) is 24.9. The minimum Gasteiger partial charge on any atom is -0.309 e. The van der Waals surface area contributed by atoms with Crippen molar-refractivity contribution >= 4 is 65.2 Å². The molecule has 10 aromatic rings. The molecule has 0 spiro atoms. The number of benzene rings is 7. The maximum absolute atomic E-state index is 4.53. The second-order valence-corrected chi connectivity index (χ2v) is 12.0. The third-order valence-corrected chi connectivity index (χ3v) is 9.55. The van der Waals surface area contributed by atoms with Gasteiger partial charge in [0.25, 0.3) is 0 Å². The lowest BCUT2D eigenvalue weighted by Crippen LogP contribution is -1.95. The number of para-hydroxylation sites is 4. The summed E-state index contributed by atoms with van der Waals surface area (Å²) in [6, 6.07) is 55.1. The molecular formula is C43H27N3. The average Bonchev–Trinajstić information content (AvgIpc) is 3.63. The summed E-state index contributed by atoms with van der Waals surface area (Å²) in [5.41, 5.74) is 9.44. The first-order valence-electron chi connectivity index (χ1n) is 15.7. The zero-order chi connectivity index (χ0) is 30.2. The van der Waals surface area contributed by atoms with E-state index in [9.17, 15) is 0 Å². The summed E-state index contributed by atoms with van der Waals surface area (Å²) < 4.78 is 4.79. The lowest BCUT2D eigenvalue weighted by molar-refractivity contribution is 1.18. The normalized spacial score (nSPS) is 11.9. The maximum atomic E-state index is 4.53. The van der Waals surface area contributed by atoms with E-state index in [1.54, 1.807) is 0 Å². The summed E-state index contributed by atoms with van der Waals surface area (Å²) in [7, 11) is 0. The molecule has 0 radical (unpaired) electrons. The molecule has 0 aliphatic heterocycles. The quantitative estimate of drug-likeness (QED) is 0.189. The van der Waals surface area contributed by atoms with Gasteiger partial charge in [-0.2, -0.15) is 0 Å². The number of fused-ring (bicyclic) bond motifs is 9. The molecule has 214 valence electrons. The largest absolute Gasteiger partial charge is 0.309 e. The van der Waals surface area contributed by atoms with E-state index in [0.29, 0.717) is 0 Å². The Labute approximate surface area is 265 Å². The lowest BCUT2D eigenvalue weighted by atomic mass is 9.92. The Morgan fingerprint density at radius 2 is 1.00 bits per heavy atom. The summed E-state index contributed by atoms with van der Waals surface area (Å²) in [5.74, 6) is 0. The van der Waals surface area contributed by atoms with Crippen molar-refractivity contribution in [2.24, 2.45) is 0 Å². The number of rotatable bonds is 3. The Morgan fingerprint density at radius 3 is 1.67 bits per heavy atom. The smallest absolute Gasteiger partial charge is 0.0547 e. The Balaban J connectivity index is 1.33. The van der Waals surface area contributed by atoms with Crippen LogP contribution in [0.4, 0.5) is 0 Å². The highest BCUT2D eigenvalue weighted by Crippen LogP contribution is 2.41. The van der Waals surface area contributed by atoms with E-state index in [1.165, 1.54) is 70.7 Å². The van der Waals surface area contributed by atoms with Gasteiger partial charge in [-0.05, 0) is 93.8 Å². The molecule has 0 N–H and O–H groups in total. The van der Waals surface area contributed by atoms with Crippen molar-refractivity contribution < 1.29 is 0 Å². The molecule has 0 saturated heterocycles. The molecule has 0 fully saturated rings. The van der Waals surface area contributed by atoms with Gasteiger partial charge in [0.05, 0.1) is 22.1 Å². The van der Waals surface area contributed by atoms with Crippen LogP contribution in [0.2, 0.25) is 0 Å². The van der Waals surface area contributed by atoms with Crippen molar-refractivity contribution in [3.05, 3.63) is 164 Å². The zero-order valence-corrected chi connectivity index (χ0v) is 24.9. The van der Waals surface area contributed by atoms with Crippen LogP contribution in [0.15, 0.2) is 164 Å². The van der Waals surface area contributed by atoms with Crippen LogP contribution in [0.25, 0.3) is 87.7 Å². The lowest BCUT2D eigenvalue weighted by Gasteiger charge is -2.15. The molecule has 0 saturated carbocycles. The molecule has 0 aliphatic carbocycles. The van der Waals surface area contributed by atoms with Gasteiger partial charge in [0, 0.05) is 50.9 Å². The predicted octanol–water partition coefficient (Wildman–Crippen LogP) is 11.2.